The van der Waals surface area contributed by atoms with Crippen molar-refractivity contribution < 1.29 is 28.5 Å². The number of furan rings is 1. The van der Waals surface area contributed by atoms with Gasteiger partial charge in [0.15, 0.2) is 11.5 Å². The van der Waals surface area contributed by atoms with Gasteiger partial charge in [-0.15, -0.1) is 0 Å². The van der Waals surface area contributed by atoms with Crippen LogP contribution in [0.25, 0.3) is 0 Å². The van der Waals surface area contributed by atoms with Crippen molar-refractivity contribution in [3.8, 4) is 17.2 Å². The molecule has 1 unspecified atom stereocenters. The summed E-state index contributed by atoms with van der Waals surface area (Å²) in [4.78, 5) is 12.4. The minimum Gasteiger partial charge on any atom is -0.493 e. The molecule has 1 heterocycles. The Labute approximate surface area is 140 Å². The molecule has 0 spiro atoms. The summed E-state index contributed by atoms with van der Waals surface area (Å²) in [6.07, 6.45) is 1.46. The Morgan fingerprint density at radius 2 is 1.83 bits per heavy atom. The highest BCUT2D eigenvalue weighted by Gasteiger charge is 2.27. The Balaban J connectivity index is 2.18. The van der Waals surface area contributed by atoms with E-state index in [1.807, 2.05) is 0 Å². The molecule has 0 fully saturated rings. The fraction of sp³-hybridized carbons (Fsp3) is 0.353. The lowest BCUT2D eigenvalue weighted by Crippen LogP contribution is -2.38. The molecular weight excluding hydrogens is 314 g/mol. The average molecular weight is 335 g/mol. The molecule has 0 aliphatic carbocycles. The summed E-state index contributed by atoms with van der Waals surface area (Å²) in [6.45, 7) is 1.54. The zero-order valence-electron chi connectivity index (χ0n) is 14.1. The maximum atomic E-state index is 12.4. The summed E-state index contributed by atoms with van der Waals surface area (Å²) in [5.74, 6) is 1.13. The number of hydrogen-bond donors (Lipinski definition) is 2. The predicted molar refractivity (Wildman–Crippen MR) is 86.7 cm³/mol. The van der Waals surface area contributed by atoms with E-state index in [1.54, 1.807) is 19.1 Å². The summed E-state index contributed by atoms with van der Waals surface area (Å²) in [6, 6.07) is 6.40. The molecule has 0 bridgehead atoms. The first-order valence-corrected chi connectivity index (χ1v) is 7.27. The Kier molecular flexibility index (Phi) is 5.35. The second-order valence-corrected chi connectivity index (χ2v) is 5.35. The third-order valence-corrected chi connectivity index (χ3v) is 3.57. The maximum Gasteiger partial charge on any atom is 0.251 e. The van der Waals surface area contributed by atoms with E-state index in [9.17, 15) is 9.90 Å². The maximum absolute atomic E-state index is 12.4. The number of rotatable bonds is 7. The van der Waals surface area contributed by atoms with Gasteiger partial charge in [0.05, 0.1) is 34.1 Å². The average Bonchev–Trinajstić information content (AvgIpc) is 3.13. The van der Waals surface area contributed by atoms with Gasteiger partial charge in [-0.1, -0.05) is 0 Å². The highest BCUT2D eigenvalue weighted by Crippen LogP contribution is 2.38. The molecule has 1 aromatic carbocycles. The van der Waals surface area contributed by atoms with Crippen LogP contribution < -0.4 is 19.5 Å². The molecule has 2 N–H and O–H groups in total. The summed E-state index contributed by atoms with van der Waals surface area (Å²) in [5, 5.41) is 13.0. The van der Waals surface area contributed by atoms with Gasteiger partial charge in [-0.25, -0.2) is 0 Å². The Hall–Kier alpha value is -2.67. The van der Waals surface area contributed by atoms with E-state index >= 15 is 0 Å². The molecule has 24 heavy (non-hydrogen) atoms. The third kappa shape index (κ3) is 3.62. The number of amides is 1. The molecule has 2 rings (SSSR count). The van der Waals surface area contributed by atoms with Crippen LogP contribution in [0.15, 0.2) is 34.9 Å². The third-order valence-electron chi connectivity index (χ3n) is 3.57. The number of methoxy groups -OCH3 is 3. The smallest absolute Gasteiger partial charge is 0.251 e. The number of hydrogen-bond acceptors (Lipinski definition) is 6. The lowest BCUT2D eigenvalue weighted by Gasteiger charge is -2.21. The molecule has 0 saturated carbocycles. The van der Waals surface area contributed by atoms with Gasteiger partial charge in [-0.2, -0.15) is 0 Å². The fourth-order valence-corrected chi connectivity index (χ4v) is 2.24. The largest absolute Gasteiger partial charge is 0.493 e. The molecule has 7 nitrogen and oxygen atoms in total. The fourth-order valence-electron chi connectivity index (χ4n) is 2.24. The minimum absolute atomic E-state index is 0.0179. The molecule has 2 aromatic rings. The van der Waals surface area contributed by atoms with Crippen molar-refractivity contribution in [1.82, 2.24) is 5.32 Å². The Bertz CT molecular complexity index is 668. The van der Waals surface area contributed by atoms with Gasteiger partial charge in [0, 0.05) is 5.56 Å². The van der Waals surface area contributed by atoms with Crippen molar-refractivity contribution in [2.75, 3.05) is 27.9 Å². The molecule has 7 heteroatoms. The van der Waals surface area contributed by atoms with Crippen molar-refractivity contribution in [2.24, 2.45) is 0 Å². The molecule has 130 valence electrons. The number of benzene rings is 1. The second kappa shape index (κ2) is 7.27. The quantitative estimate of drug-likeness (QED) is 0.804. The Morgan fingerprint density at radius 1 is 1.21 bits per heavy atom. The lowest BCUT2D eigenvalue weighted by molar-refractivity contribution is 0.0330. The summed E-state index contributed by atoms with van der Waals surface area (Å²) in [5.41, 5.74) is -1.00. The summed E-state index contributed by atoms with van der Waals surface area (Å²) >= 11 is 0. The van der Waals surface area contributed by atoms with Gasteiger partial charge in [-0.05, 0) is 31.2 Å². The van der Waals surface area contributed by atoms with Crippen LogP contribution in [0.4, 0.5) is 0 Å². The van der Waals surface area contributed by atoms with Gasteiger partial charge in [0.25, 0.3) is 5.91 Å². The second-order valence-electron chi connectivity index (χ2n) is 5.35. The van der Waals surface area contributed by atoms with Gasteiger partial charge in [0.2, 0.25) is 5.75 Å². The summed E-state index contributed by atoms with van der Waals surface area (Å²) in [7, 11) is 4.43. The lowest BCUT2D eigenvalue weighted by atomic mass is 10.0. The number of nitrogens with one attached hydrogen (secondary N) is 1. The molecule has 1 aromatic heterocycles. The molecule has 0 radical (unpaired) electrons. The van der Waals surface area contributed by atoms with E-state index in [1.165, 1.54) is 39.7 Å². The van der Waals surface area contributed by atoms with Crippen LogP contribution in [0.3, 0.4) is 0 Å². The zero-order chi connectivity index (χ0) is 17.7. The first-order valence-electron chi connectivity index (χ1n) is 7.27. The molecular formula is C17H21NO6. The van der Waals surface area contributed by atoms with Crippen LogP contribution in [-0.4, -0.2) is 38.9 Å². The standard InChI is InChI=1S/C17H21NO6/c1-17(20,14-6-5-7-24-14)10-18-16(19)11-8-12(21-2)15(23-4)13(9-11)22-3/h5-9,20H,10H2,1-4H3,(H,18,19). The normalized spacial score (nSPS) is 13.0. The number of carbonyl (C=O) groups excluding carboxylic acids is 1. The van der Waals surface area contributed by atoms with Crippen LogP contribution in [0.1, 0.15) is 23.0 Å². The Morgan fingerprint density at radius 3 is 2.29 bits per heavy atom. The van der Waals surface area contributed by atoms with E-state index in [0.29, 0.717) is 28.6 Å². The zero-order valence-corrected chi connectivity index (χ0v) is 14.1. The monoisotopic (exact) mass is 335 g/mol. The summed E-state index contributed by atoms with van der Waals surface area (Å²) < 4.78 is 20.9. The van der Waals surface area contributed by atoms with Crippen molar-refractivity contribution in [1.29, 1.82) is 0 Å². The molecule has 1 amide bonds. The van der Waals surface area contributed by atoms with Crippen LogP contribution in [-0.2, 0) is 5.60 Å². The van der Waals surface area contributed by atoms with Gasteiger partial charge < -0.3 is 29.1 Å². The van der Waals surface area contributed by atoms with Crippen molar-refractivity contribution >= 4 is 5.91 Å². The van der Waals surface area contributed by atoms with Gasteiger partial charge in [0.1, 0.15) is 11.4 Å². The molecule has 0 saturated heterocycles. The van der Waals surface area contributed by atoms with E-state index < -0.39 is 5.60 Å². The van der Waals surface area contributed by atoms with Crippen LogP contribution in [0, 0.1) is 0 Å². The van der Waals surface area contributed by atoms with Gasteiger partial charge >= 0.3 is 0 Å². The van der Waals surface area contributed by atoms with Crippen LogP contribution >= 0.6 is 0 Å². The highest BCUT2D eigenvalue weighted by atomic mass is 16.5. The van der Waals surface area contributed by atoms with Crippen molar-refractivity contribution in [3.63, 3.8) is 0 Å². The van der Waals surface area contributed by atoms with E-state index in [2.05, 4.69) is 5.32 Å². The van der Waals surface area contributed by atoms with Crippen molar-refractivity contribution in [3.05, 3.63) is 41.9 Å². The topological polar surface area (TPSA) is 90.2 Å². The van der Waals surface area contributed by atoms with E-state index in [0.717, 1.165) is 0 Å². The van der Waals surface area contributed by atoms with E-state index in [4.69, 9.17) is 18.6 Å². The minimum atomic E-state index is -1.32. The molecule has 0 aliphatic rings. The van der Waals surface area contributed by atoms with Crippen LogP contribution in [0.2, 0.25) is 0 Å². The molecule has 0 aliphatic heterocycles. The number of carbonyl (C=O) groups is 1. The first kappa shape index (κ1) is 17.7. The first-order chi connectivity index (χ1) is 11.4. The van der Waals surface area contributed by atoms with E-state index in [-0.39, 0.29) is 12.5 Å². The van der Waals surface area contributed by atoms with Crippen LogP contribution in [0.5, 0.6) is 17.2 Å². The molecule has 1 atom stereocenters. The number of aliphatic hydroxyl groups is 1. The SMILES string of the molecule is COc1cc(C(=O)NCC(C)(O)c2ccco2)cc(OC)c1OC. The highest BCUT2D eigenvalue weighted by molar-refractivity contribution is 5.95. The van der Waals surface area contributed by atoms with Gasteiger partial charge in [-0.3, -0.25) is 4.79 Å². The predicted octanol–water partition coefficient (Wildman–Crippen LogP) is 1.94. The number of ether oxygens (including phenoxy) is 3. The van der Waals surface area contributed by atoms with Crippen molar-refractivity contribution in [2.45, 2.75) is 12.5 Å².